The smallest absolute Gasteiger partial charge is 0.404 e. The lowest BCUT2D eigenvalue weighted by Gasteiger charge is -2.12. The van der Waals surface area contributed by atoms with Crippen LogP contribution in [0.5, 0.6) is 5.75 Å². The van der Waals surface area contributed by atoms with Gasteiger partial charge in [0.1, 0.15) is 5.75 Å². The zero-order valence-corrected chi connectivity index (χ0v) is 13.9. The predicted octanol–water partition coefficient (Wildman–Crippen LogP) is 5.18. The Morgan fingerprint density at radius 3 is 2.33 bits per heavy atom. The van der Waals surface area contributed by atoms with Crippen LogP contribution in [0.3, 0.4) is 0 Å². The normalized spacial score (nSPS) is 14.1. The topological polar surface area (TPSA) is 55.8 Å². The number of unbranched alkanes of at least 4 members (excludes halogenated alkanes) is 4. The van der Waals surface area contributed by atoms with E-state index in [0.29, 0.717) is 5.75 Å². The minimum atomic E-state index is -3.99. The monoisotopic (exact) mass is 314 g/mol. The predicted molar refractivity (Wildman–Crippen MR) is 85.4 cm³/mol. The summed E-state index contributed by atoms with van der Waals surface area (Å²) in [5.41, 5.74) is 0. The second kappa shape index (κ2) is 9.99. The molecule has 0 radical (unpaired) electrons. The molecule has 0 heterocycles. The maximum Gasteiger partial charge on any atom is 0.527 e. The summed E-state index contributed by atoms with van der Waals surface area (Å²) >= 11 is 0. The second-order valence-corrected chi connectivity index (χ2v) is 7.03. The third kappa shape index (κ3) is 9.67. The van der Waals surface area contributed by atoms with Gasteiger partial charge in [-0.3, -0.25) is 9.42 Å². The summed E-state index contributed by atoms with van der Waals surface area (Å²) in [5.74, 6) is 1.11. The Morgan fingerprint density at radius 2 is 1.67 bits per heavy atom. The number of hydrogen-bond donors (Lipinski definition) is 1. The average molecular weight is 314 g/mol. The lowest BCUT2D eigenvalue weighted by atomic mass is 10.0. The molecule has 1 aromatic carbocycles. The summed E-state index contributed by atoms with van der Waals surface area (Å²) in [7, 11) is -3.99. The van der Waals surface area contributed by atoms with Gasteiger partial charge in [0.2, 0.25) is 0 Å². The zero-order valence-electron chi connectivity index (χ0n) is 13.0. The molecule has 0 aliphatic heterocycles. The molecule has 0 saturated heterocycles. The van der Waals surface area contributed by atoms with E-state index in [0.717, 1.165) is 25.2 Å². The van der Waals surface area contributed by atoms with E-state index < -0.39 is 7.82 Å². The third-order valence-electron chi connectivity index (χ3n) is 3.14. The number of phosphoric acid groups is 1. The molecule has 0 spiro atoms. The average Bonchev–Trinajstić information content (AvgIpc) is 2.42. The lowest BCUT2D eigenvalue weighted by molar-refractivity contribution is 0.199. The van der Waals surface area contributed by atoms with Gasteiger partial charge in [0, 0.05) is 0 Å². The number of rotatable bonds is 11. The van der Waals surface area contributed by atoms with Crippen molar-refractivity contribution in [2.45, 2.75) is 52.4 Å². The zero-order chi connectivity index (χ0) is 15.6. The first-order chi connectivity index (χ1) is 9.99. The van der Waals surface area contributed by atoms with E-state index >= 15 is 0 Å². The van der Waals surface area contributed by atoms with Crippen molar-refractivity contribution in [1.29, 1.82) is 0 Å². The van der Waals surface area contributed by atoms with Crippen LogP contribution in [0.2, 0.25) is 0 Å². The summed E-state index contributed by atoms with van der Waals surface area (Å²) in [6.07, 6.45) is 6.69. The highest BCUT2D eigenvalue weighted by atomic mass is 31.2. The van der Waals surface area contributed by atoms with Gasteiger partial charge in [0.05, 0.1) is 6.61 Å². The van der Waals surface area contributed by atoms with Crippen LogP contribution in [-0.2, 0) is 9.09 Å². The molecule has 0 fully saturated rings. The summed E-state index contributed by atoms with van der Waals surface area (Å²) in [6.45, 7) is 4.73. The van der Waals surface area contributed by atoms with Gasteiger partial charge in [-0.1, -0.05) is 64.2 Å². The quantitative estimate of drug-likeness (QED) is 0.452. The summed E-state index contributed by atoms with van der Waals surface area (Å²) < 4.78 is 21.6. The molecule has 0 aliphatic carbocycles. The van der Waals surface area contributed by atoms with Crippen LogP contribution in [0, 0.1) is 5.92 Å². The van der Waals surface area contributed by atoms with Gasteiger partial charge in [0.25, 0.3) is 0 Å². The fraction of sp³-hybridized carbons (Fsp3) is 0.625. The molecular weight excluding hydrogens is 287 g/mol. The Labute approximate surface area is 128 Å². The van der Waals surface area contributed by atoms with Crippen LogP contribution in [0.1, 0.15) is 52.4 Å². The van der Waals surface area contributed by atoms with E-state index in [1.807, 2.05) is 6.07 Å². The Morgan fingerprint density at radius 1 is 1.05 bits per heavy atom. The van der Waals surface area contributed by atoms with Crippen LogP contribution < -0.4 is 4.52 Å². The summed E-state index contributed by atoms with van der Waals surface area (Å²) in [5, 5.41) is 0. The van der Waals surface area contributed by atoms with Crippen molar-refractivity contribution in [2.24, 2.45) is 5.92 Å². The SMILES string of the molecule is CC(C)CCCCCCCOP(=O)(O)Oc1ccccc1. The molecule has 120 valence electrons. The molecule has 4 nitrogen and oxygen atoms in total. The molecule has 0 amide bonds. The molecule has 0 bridgehead atoms. The van der Waals surface area contributed by atoms with Gasteiger partial charge in [-0.25, -0.2) is 4.57 Å². The molecule has 21 heavy (non-hydrogen) atoms. The van der Waals surface area contributed by atoms with Crippen molar-refractivity contribution in [1.82, 2.24) is 0 Å². The van der Waals surface area contributed by atoms with E-state index in [2.05, 4.69) is 13.8 Å². The van der Waals surface area contributed by atoms with Crippen LogP contribution in [-0.4, -0.2) is 11.5 Å². The van der Waals surface area contributed by atoms with E-state index in [1.165, 1.54) is 19.3 Å². The first-order valence-electron chi connectivity index (χ1n) is 7.71. The number of phosphoric ester groups is 1. The molecule has 1 atom stereocenters. The molecular formula is C16H27O4P. The van der Waals surface area contributed by atoms with Gasteiger partial charge in [-0.2, -0.15) is 0 Å². The van der Waals surface area contributed by atoms with Crippen molar-refractivity contribution in [3.63, 3.8) is 0 Å². The van der Waals surface area contributed by atoms with E-state index in [4.69, 9.17) is 9.05 Å². The van der Waals surface area contributed by atoms with Crippen molar-refractivity contribution < 1.29 is 18.5 Å². The first-order valence-corrected chi connectivity index (χ1v) is 9.21. The van der Waals surface area contributed by atoms with Gasteiger partial charge in [0.15, 0.2) is 0 Å². The van der Waals surface area contributed by atoms with Crippen LogP contribution in [0.15, 0.2) is 30.3 Å². The van der Waals surface area contributed by atoms with Gasteiger partial charge in [-0.15, -0.1) is 0 Å². The van der Waals surface area contributed by atoms with Gasteiger partial charge >= 0.3 is 7.82 Å². The Kier molecular flexibility index (Phi) is 8.67. The fourth-order valence-corrected chi connectivity index (χ4v) is 2.81. The lowest BCUT2D eigenvalue weighted by Crippen LogP contribution is -1.99. The molecule has 1 unspecified atom stereocenters. The Balaban J connectivity index is 2.07. The summed E-state index contributed by atoms with van der Waals surface area (Å²) in [6, 6.07) is 8.55. The molecule has 1 N–H and O–H groups in total. The maximum atomic E-state index is 11.7. The Hall–Kier alpha value is -0.830. The highest BCUT2D eigenvalue weighted by Gasteiger charge is 2.22. The number of para-hydroxylation sites is 1. The molecule has 0 aliphatic rings. The number of hydrogen-bond acceptors (Lipinski definition) is 3. The van der Waals surface area contributed by atoms with Crippen molar-refractivity contribution in [3.8, 4) is 5.75 Å². The maximum absolute atomic E-state index is 11.7. The molecule has 1 rings (SSSR count). The van der Waals surface area contributed by atoms with Crippen molar-refractivity contribution in [2.75, 3.05) is 6.61 Å². The number of benzene rings is 1. The fourth-order valence-electron chi connectivity index (χ4n) is 2.01. The third-order valence-corrected chi connectivity index (χ3v) is 4.09. The molecule has 0 aromatic heterocycles. The van der Waals surface area contributed by atoms with Crippen LogP contribution >= 0.6 is 7.82 Å². The van der Waals surface area contributed by atoms with Gasteiger partial charge < -0.3 is 4.52 Å². The first kappa shape index (κ1) is 18.2. The van der Waals surface area contributed by atoms with E-state index in [1.54, 1.807) is 24.3 Å². The van der Waals surface area contributed by atoms with Crippen LogP contribution in [0.25, 0.3) is 0 Å². The van der Waals surface area contributed by atoms with E-state index in [9.17, 15) is 9.46 Å². The minimum Gasteiger partial charge on any atom is -0.404 e. The summed E-state index contributed by atoms with van der Waals surface area (Å²) in [4.78, 5) is 9.58. The molecule has 1 aromatic rings. The van der Waals surface area contributed by atoms with Gasteiger partial charge in [-0.05, 0) is 24.5 Å². The second-order valence-electron chi connectivity index (χ2n) is 5.66. The Bertz CT molecular complexity index is 420. The largest absolute Gasteiger partial charge is 0.527 e. The highest BCUT2D eigenvalue weighted by Crippen LogP contribution is 2.43. The minimum absolute atomic E-state index is 0.255. The molecule has 0 saturated carbocycles. The standard InChI is InChI=1S/C16H27O4P/c1-15(2)11-7-4-3-5-10-14-19-21(17,18)20-16-12-8-6-9-13-16/h6,8-9,12-13,15H,3-5,7,10-11,14H2,1-2H3,(H,17,18). The highest BCUT2D eigenvalue weighted by molar-refractivity contribution is 7.47. The molecule has 5 heteroatoms. The van der Waals surface area contributed by atoms with Crippen LogP contribution in [0.4, 0.5) is 0 Å². The van der Waals surface area contributed by atoms with Crippen molar-refractivity contribution >= 4 is 7.82 Å². The van der Waals surface area contributed by atoms with Crippen molar-refractivity contribution in [3.05, 3.63) is 30.3 Å². The van der Waals surface area contributed by atoms with E-state index in [-0.39, 0.29) is 6.61 Å².